The predicted octanol–water partition coefficient (Wildman–Crippen LogP) is 0.333. The van der Waals surface area contributed by atoms with Crippen molar-refractivity contribution in [1.29, 1.82) is 0 Å². The van der Waals surface area contributed by atoms with Crippen LogP contribution in [0.15, 0.2) is 36.8 Å². The maximum absolute atomic E-state index is 4.07. The van der Waals surface area contributed by atoms with Gasteiger partial charge < -0.3 is 0 Å². The Hall–Kier alpha value is -0.401. The molecule has 0 saturated heterocycles. The van der Waals surface area contributed by atoms with Gasteiger partial charge in [-0.15, -0.1) is 0 Å². The molecule has 0 fully saturated rings. The second kappa shape index (κ2) is 5.28. The van der Waals surface area contributed by atoms with E-state index in [1.165, 1.54) is 0 Å². The van der Waals surface area contributed by atoms with Gasteiger partial charge in [0, 0.05) is 11.6 Å². The van der Waals surface area contributed by atoms with E-state index in [0.717, 1.165) is 10.9 Å². The van der Waals surface area contributed by atoms with Gasteiger partial charge in [0.05, 0.1) is 5.52 Å². The molecule has 0 N–H and O–H groups in total. The summed E-state index contributed by atoms with van der Waals surface area (Å²) < 4.78 is 0. The van der Waals surface area contributed by atoms with E-state index in [4.69, 9.17) is 0 Å². The van der Waals surface area contributed by atoms with Crippen LogP contribution in [0.3, 0.4) is 0 Å². The zero-order chi connectivity index (χ0) is 8.81. The molecule has 1 aromatic heterocycles. The number of rotatable bonds is 0. The summed E-state index contributed by atoms with van der Waals surface area (Å²) >= 11 is 4.50. The minimum absolute atomic E-state index is 0.998. The smallest absolute Gasteiger partial charge is 0.116 e. The molecule has 1 aromatic carbocycles. The van der Waals surface area contributed by atoms with Gasteiger partial charge in [0.1, 0.15) is 6.33 Å². The zero-order valence-corrected chi connectivity index (χ0v) is 10.1. The first-order valence-electron chi connectivity index (χ1n) is 3.32. The van der Waals surface area contributed by atoms with Gasteiger partial charge in [-0.25, -0.2) is 9.97 Å². The molecule has 0 radical (unpaired) electrons. The van der Waals surface area contributed by atoms with E-state index in [1.807, 2.05) is 44.1 Å². The Balaban J connectivity index is 0.000000336. The van der Waals surface area contributed by atoms with Crippen molar-refractivity contribution < 1.29 is 0 Å². The number of benzene rings is 1. The van der Waals surface area contributed by atoms with Gasteiger partial charge in [-0.3, -0.25) is 0 Å². The van der Waals surface area contributed by atoms with Crippen LogP contribution in [-0.2, 0) is 0 Å². The van der Waals surface area contributed by atoms with E-state index < -0.39 is 0 Å². The molecule has 0 aliphatic rings. The Kier molecular flexibility index (Phi) is 4.26. The van der Waals surface area contributed by atoms with Crippen LogP contribution in [0.25, 0.3) is 10.9 Å². The molecule has 2 aromatic rings. The van der Waals surface area contributed by atoms with Gasteiger partial charge in [-0.05, 0) is 6.07 Å². The fraction of sp³-hybridized carbons (Fsp3) is 0. The van der Waals surface area contributed by atoms with Crippen LogP contribution in [0.5, 0.6) is 0 Å². The summed E-state index contributed by atoms with van der Waals surface area (Å²) in [6, 6.07) is 7.91. The fourth-order valence-electron chi connectivity index (χ4n) is 0.923. The van der Waals surface area contributed by atoms with E-state index >= 15 is 0 Å². The summed E-state index contributed by atoms with van der Waals surface area (Å²) in [7, 11) is 0. The Morgan fingerprint density at radius 2 is 1.92 bits per heavy atom. The van der Waals surface area contributed by atoms with E-state index in [1.54, 1.807) is 6.33 Å². The second-order valence-electron chi connectivity index (χ2n) is 2.08. The zero-order valence-electron chi connectivity index (χ0n) is 6.27. The molecule has 0 unspecified atom stereocenters. The number of fused-ring (bicyclic) bond motifs is 1. The normalized spacial score (nSPS) is 8.75. The molecular formula is C8H8N2Se2. The largest absolute Gasteiger partial charge is 0.244 e. The fourth-order valence-corrected chi connectivity index (χ4v) is 0.923. The first-order valence-corrected chi connectivity index (χ1v) is 8.63. The first kappa shape index (κ1) is 9.69. The minimum atomic E-state index is 0.998. The molecule has 0 spiro atoms. The summed E-state index contributed by atoms with van der Waals surface area (Å²) in [5.41, 5.74) is 0.998. The molecule has 2 rings (SSSR count). The van der Waals surface area contributed by atoms with E-state index in [-0.39, 0.29) is 0 Å². The van der Waals surface area contributed by atoms with Gasteiger partial charge in [0.15, 0.2) is 0 Å². The molecular weight excluding hydrogens is 282 g/mol. The van der Waals surface area contributed by atoms with Crippen LogP contribution in [0, 0.1) is 0 Å². The van der Waals surface area contributed by atoms with Crippen molar-refractivity contribution in [1.82, 2.24) is 9.97 Å². The van der Waals surface area contributed by atoms with Crippen LogP contribution in [0.2, 0.25) is 0 Å². The molecule has 0 aliphatic carbocycles. The SMILES string of the molecule is [Se]=[SeH2].c1ccc2ncncc2c1. The van der Waals surface area contributed by atoms with E-state index in [9.17, 15) is 0 Å². The molecule has 0 saturated carbocycles. The summed E-state index contributed by atoms with van der Waals surface area (Å²) in [6.45, 7) is 0. The summed E-state index contributed by atoms with van der Waals surface area (Å²) in [6.07, 6.45) is 3.37. The third-order valence-corrected chi connectivity index (χ3v) is 1.41. The van der Waals surface area contributed by atoms with Gasteiger partial charge in [0.25, 0.3) is 0 Å². The number of hydrogen-bond donors (Lipinski definition) is 0. The minimum Gasteiger partial charge on any atom is -0.244 e. The summed E-state index contributed by atoms with van der Waals surface area (Å²) in [4.78, 5) is 7.97. The Bertz CT molecular complexity index is 299. The summed E-state index contributed by atoms with van der Waals surface area (Å²) in [5.74, 6) is 0. The Morgan fingerprint density at radius 1 is 1.17 bits per heavy atom. The molecule has 62 valence electrons. The Labute approximate surface area is 84.9 Å². The molecule has 1 heterocycles. The molecule has 0 atom stereocenters. The molecule has 0 aliphatic heterocycles. The number of hydrogen-bond acceptors (Lipinski definition) is 2. The van der Waals surface area contributed by atoms with Gasteiger partial charge in [-0.1, -0.05) is 18.2 Å². The van der Waals surface area contributed by atoms with Crippen molar-refractivity contribution >= 4 is 38.2 Å². The van der Waals surface area contributed by atoms with Crippen molar-refractivity contribution in [3.63, 3.8) is 0 Å². The van der Waals surface area contributed by atoms with Crippen molar-refractivity contribution in [3.05, 3.63) is 36.8 Å². The topological polar surface area (TPSA) is 25.8 Å². The monoisotopic (exact) mass is 292 g/mol. The molecule has 0 bridgehead atoms. The maximum Gasteiger partial charge on any atom is 0.116 e. The standard InChI is InChI=1S/C8H6N2.H2Se2/c1-2-4-8-7(3-1)5-9-6-10-8;1-2/h1-6H;1H2. The van der Waals surface area contributed by atoms with Crippen LogP contribution in [0.4, 0.5) is 0 Å². The third-order valence-electron chi connectivity index (χ3n) is 1.41. The first-order chi connectivity index (χ1) is 5.97. The van der Waals surface area contributed by atoms with Crippen LogP contribution in [0.1, 0.15) is 0 Å². The predicted molar refractivity (Wildman–Crippen MR) is 53.8 cm³/mol. The van der Waals surface area contributed by atoms with Crippen molar-refractivity contribution in [2.45, 2.75) is 0 Å². The average Bonchev–Trinajstić information content (AvgIpc) is 2.21. The van der Waals surface area contributed by atoms with Crippen LogP contribution >= 0.6 is 0 Å². The number of nitrogens with zero attached hydrogens (tertiary/aromatic N) is 2. The van der Waals surface area contributed by atoms with E-state index in [2.05, 4.69) is 23.6 Å². The van der Waals surface area contributed by atoms with Gasteiger partial charge in [-0.2, -0.15) is 0 Å². The van der Waals surface area contributed by atoms with E-state index in [0.29, 0.717) is 0 Å². The Morgan fingerprint density at radius 3 is 2.67 bits per heavy atom. The molecule has 2 nitrogen and oxygen atoms in total. The van der Waals surface area contributed by atoms with Crippen LogP contribution < -0.4 is 0 Å². The van der Waals surface area contributed by atoms with Gasteiger partial charge in [0.2, 0.25) is 0 Å². The van der Waals surface area contributed by atoms with Crippen molar-refractivity contribution in [2.24, 2.45) is 0 Å². The maximum atomic E-state index is 4.07. The second-order valence-corrected chi connectivity index (χ2v) is 2.08. The average molecular weight is 290 g/mol. The molecule has 4 heteroatoms. The van der Waals surface area contributed by atoms with Crippen LogP contribution in [-0.4, -0.2) is 37.3 Å². The summed E-state index contributed by atoms with van der Waals surface area (Å²) in [5, 5.41) is 1.09. The molecule has 12 heavy (non-hydrogen) atoms. The molecule has 0 amide bonds. The third kappa shape index (κ3) is 2.29. The van der Waals surface area contributed by atoms with Crippen molar-refractivity contribution in [3.8, 4) is 0 Å². The quantitative estimate of drug-likeness (QED) is 0.654. The van der Waals surface area contributed by atoms with Gasteiger partial charge >= 0.3 is 27.3 Å². The van der Waals surface area contributed by atoms with Crippen molar-refractivity contribution in [2.75, 3.05) is 0 Å². The number of aromatic nitrogens is 2. The number of para-hydroxylation sites is 1.